The molecule has 0 unspecified atom stereocenters. The molecule has 0 amide bonds. The van der Waals surface area contributed by atoms with Crippen LogP contribution in [0.25, 0.3) is 44.2 Å². The summed E-state index contributed by atoms with van der Waals surface area (Å²) in [6.45, 7) is 4.75. The van der Waals surface area contributed by atoms with Crippen molar-refractivity contribution in [1.29, 1.82) is 0 Å². The molecule has 0 N–H and O–H groups in total. The topological polar surface area (TPSA) is 3.24 Å². The molecule has 11 rings (SSSR count). The fourth-order valence-corrected chi connectivity index (χ4v) is 10.3. The number of nitrogens with zero attached hydrogens (tertiary/aromatic N) is 1. The Bertz CT molecular complexity index is 2920. The minimum Gasteiger partial charge on any atom is -0.309 e. The Labute approximate surface area is 335 Å². The maximum atomic E-state index is 2.57. The Morgan fingerprint density at radius 2 is 0.877 bits per heavy atom. The monoisotopic (exact) mass is 727 g/mol. The summed E-state index contributed by atoms with van der Waals surface area (Å²) in [6, 6.07) is 78.8. The lowest BCUT2D eigenvalue weighted by Crippen LogP contribution is -2.29. The quantitative estimate of drug-likeness (QED) is 0.165. The lowest BCUT2D eigenvalue weighted by atomic mass is 9.66. The van der Waals surface area contributed by atoms with E-state index >= 15 is 0 Å². The summed E-state index contributed by atoms with van der Waals surface area (Å²) in [4.78, 5) is 2.57. The normalized spacial score (nSPS) is 14.1. The molecule has 0 fully saturated rings. The van der Waals surface area contributed by atoms with Crippen molar-refractivity contribution in [2.75, 3.05) is 4.90 Å². The molecule has 2 aliphatic carbocycles. The Balaban J connectivity index is 1.35. The van der Waals surface area contributed by atoms with Crippen LogP contribution in [0.3, 0.4) is 0 Å². The van der Waals surface area contributed by atoms with Gasteiger partial charge >= 0.3 is 0 Å². The Morgan fingerprint density at radius 1 is 0.368 bits per heavy atom. The molecule has 0 aromatic heterocycles. The van der Waals surface area contributed by atoms with E-state index in [9.17, 15) is 0 Å². The van der Waals surface area contributed by atoms with E-state index in [-0.39, 0.29) is 5.41 Å². The van der Waals surface area contributed by atoms with Crippen LogP contribution >= 0.6 is 0 Å². The average Bonchev–Trinajstić information content (AvgIpc) is 3.71. The highest BCUT2D eigenvalue weighted by atomic mass is 15.1. The molecule has 1 nitrogen and oxygen atoms in total. The first-order valence-electron chi connectivity index (χ1n) is 20.0. The Kier molecular flexibility index (Phi) is 7.50. The second kappa shape index (κ2) is 12.8. The van der Waals surface area contributed by atoms with Gasteiger partial charge in [-0.05, 0) is 90.7 Å². The predicted molar refractivity (Wildman–Crippen MR) is 239 cm³/mol. The number of anilines is 3. The number of para-hydroxylation sites is 1. The van der Waals surface area contributed by atoms with Gasteiger partial charge in [-0.2, -0.15) is 0 Å². The molecule has 0 aliphatic heterocycles. The van der Waals surface area contributed by atoms with E-state index in [0.717, 1.165) is 11.4 Å². The lowest BCUT2D eigenvalue weighted by molar-refractivity contribution is 0.660. The van der Waals surface area contributed by atoms with Crippen LogP contribution in [0.4, 0.5) is 17.1 Å². The van der Waals surface area contributed by atoms with E-state index in [1.54, 1.807) is 0 Å². The number of hydrogen-bond donors (Lipinski definition) is 0. The summed E-state index contributed by atoms with van der Waals surface area (Å²) in [5.74, 6) is 0. The third-order valence-corrected chi connectivity index (χ3v) is 12.7. The van der Waals surface area contributed by atoms with Gasteiger partial charge in [-0.1, -0.05) is 202 Å². The zero-order chi connectivity index (χ0) is 38.1. The summed E-state index contributed by atoms with van der Waals surface area (Å²) in [7, 11) is 0. The molecule has 270 valence electrons. The third kappa shape index (κ3) is 4.76. The number of benzene rings is 9. The molecule has 0 radical (unpaired) electrons. The van der Waals surface area contributed by atoms with Gasteiger partial charge in [0, 0.05) is 27.9 Å². The minimum atomic E-state index is -0.581. The molecule has 0 bridgehead atoms. The molecule has 0 heterocycles. The van der Waals surface area contributed by atoms with E-state index < -0.39 is 5.41 Å². The molecule has 0 saturated carbocycles. The van der Waals surface area contributed by atoms with Gasteiger partial charge in [0.2, 0.25) is 0 Å². The van der Waals surface area contributed by atoms with Crippen LogP contribution in [0.2, 0.25) is 0 Å². The van der Waals surface area contributed by atoms with Crippen LogP contribution in [0.15, 0.2) is 212 Å². The average molecular weight is 728 g/mol. The number of hydrogen-bond acceptors (Lipinski definition) is 1. The van der Waals surface area contributed by atoms with Crippen molar-refractivity contribution in [3.05, 3.63) is 246 Å². The first-order valence-corrected chi connectivity index (χ1v) is 20.0. The highest BCUT2D eigenvalue weighted by molar-refractivity contribution is 6.16. The van der Waals surface area contributed by atoms with Gasteiger partial charge in [-0.25, -0.2) is 0 Å². The zero-order valence-electron chi connectivity index (χ0n) is 32.2. The van der Waals surface area contributed by atoms with Crippen LogP contribution < -0.4 is 4.90 Å². The maximum Gasteiger partial charge on any atom is 0.0720 e. The number of fused-ring (bicyclic) bond motifs is 8. The summed E-state index contributed by atoms with van der Waals surface area (Å²) in [5, 5.41) is 2.49. The SMILES string of the molecule is CC1(C)c2ccccc2-c2ccc(N(c3ccccc3)c3c4c(c5ccccc5c3-c3ccccc3)C(c3ccccc3)(c3ccccc3)c3ccccc3-4)cc21. The Hall–Kier alpha value is -6.96. The smallest absolute Gasteiger partial charge is 0.0720 e. The van der Waals surface area contributed by atoms with Crippen LogP contribution in [-0.4, -0.2) is 0 Å². The maximum absolute atomic E-state index is 2.57. The van der Waals surface area contributed by atoms with Gasteiger partial charge in [0.15, 0.2) is 0 Å². The van der Waals surface area contributed by atoms with Gasteiger partial charge in [0.25, 0.3) is 0 Å². The van der Waals surface area contributed by atoms with E-state index in [1.807, 2.05) is 0 Å². The van der Waals surface area contributed by atoms with Crippen molar-refractivity contribution in [2.24, 2.45) is 0 Å². The van der Waals surface area contributed by atoms with Gasteiger partial charge < -0.3 is 4.90 Å². The molecule has 0 spiro atoms. The summed E-state index contributed by atoms with van der Waals surface area (Å²) < 4.78 is 0. The summed E-state index contributed by atoms with van der Waals surface area (Å²) in [6.07, 6.45) is 0. The van der Waals surface area contributed by atoms with Crippen molar-refractivity contribution >= 4 is 27.8 Å². The second-order valence-corrected chi connectivity index (χ2v) is 16.0. The number of rotatable bonds is 6. The van der Waals surface area contributed by atoms with E-state index in [4.69, 9.17) is 0 Å². The van der Waals surface area contributed by atoms with Gasteiger partial charge in [-0.3, -0.25) is 0 Å². The van der Waals surface area contributed by atoms with E-state index in [0.29, 0.717) is 0 Å². The molecule has 9 aromatic carbocycles. The zero-order valence-corrected chi connectivity index (χ0v) is 32.2. The lowest BCUT2D eigenvalue weighted by Gasteiger charge is -2.37. The van der Waals surface area contributed by atoms with Crippen LogP contribution in [-0.2, 0) is 10.8 Å². The minimum absolute atomic E-state index is 0.153. The first kappa shape index (κ1) is 33.4. The fourth-order valence-electron chi connectivity index (χ4n) is 10.3. The second-order valence-electron chi connectivity index (χ2n) is 16.0. The highest BCUT2D eigenvalue weighted by Crippen LogP contribution is 2.64. The highest BCUT2D eigenvalue weighted by Gasteiger charge is 2.49. The van der Waals surface area contributed by atoms with Crippen molar-refractivity contribution in [1.82, 2.24) is 0 Å². The van der Waals surface area contributed by atoms with Gasteiger partial charge in [-0.15, -0.1) is 0 Å². The van der Waals surface area contributed by atoms with Gasteiger partial charge in [0.1, 0.15) is 0 Å². The van der Waals surface area contributed by atoms with Crippen molar-refractivity contribution in [3.63, 3.8) is 0 Å². The first-order chi connectivity index (χ1) is 28.1. The van der Waals surface area contributed by atoms with Crippen LogP contribution in [0, 0.1) is 0 Å². The van der Waals surface area contributed by atoms with Crippen LogP contribution in [0.1, 0.15) is 47.2 Å². The predicted octanol–water partition coefficient (Wildman–Crippen LogP) is 14.6. The fraction of sp³-hybridized carbons (Fsp3) is 0.0714. The van der Waals surface area contributed by atoms with Crippen molar-refractivity contribution in [3.8, 4) is 33.4 Å². The molecular formula is C56H41N. The molecule has 57 heavy (non-hydrogen) atoms. The van der Waals surface area contributed by atoms with Crippen molar-refractivity contribution in [2.45, 2.75) is 24.7 Å². The van der Waals surface area contributed by atoms with E-state index in [1.165, 1.54) is 83.2 Å². The largest absolute Gasteiger partial charge is 0.309 e. The Morgan fingerprint density at radius 3 is 1.54 bits per heavy atom. The molecule has 2 aliphatic rings. The van der Waals surface area contributed by atoms with Gasteiger partial charge in [0.05, 0.1) is 11.1 Å². The molecule has 0 saturated heterocycles. The third-order valence-electron chi connectivity index (χ3n) is 12.7. The molecule has 1 heteroatoms. The van der Waals surface area contributed by atoms with E-state index in [2.05, 4.69) is 231 Å². The molecule has 0 atom stereocenters. The molecule has 9 aromatic rings. The standard InChI is InChI=1S/C56H41N/c1-55(2)48-33-19-17-29-43(48)44-36-35-42(37-50(44)55)57(41-27-13-6-14-28-41)54-51(38-21-7-3-8-22-38)45-30-15-16-31-46(45)53-52(54)47-32-18-20-34-49(47)56(53,39-23-9-4-10-24-39)40-25-11-5-12-26-40/h3-37H,1-2H3. The van der Waals surface area contributed by atoms with Crippen LogP contribution in [0.5, 0.6) is 0 Å². The summed E-state index contributed by atoms with van der Waals surface area (Å²) in [5.41, 5.74) is 18.2. The summed E-state index contributed by atoms with van der Waals surface area (Å²) >= 11 is 0. The molecular weight excluding hydrogens is 687 g/mol. The van der Waals surface area contributed by atoms with Crippen molar-refractivity contribution < 1.29 is 0 Å².